The lowest BCUT2D eigenvalue weighted by Crippen LogP contribution is -2.35. The number of carbonyl (C=O) groups is 1. The van der Waals surface area contributed by atoms with Gasteiger partial charge in [0, 0.05) is 29.8 Å². The molecule has 0 unspecified atom stereocenters. The van der Waals surface area contributed by atoms with Crippen molar-refractivity contribution in [3.63, 3.8) is 0 Å². The van der Waals surface area contributed by atoms with Gasteiger partial charge in [0.15, 0.2) is 0 Å². The van der Waals surface area contributed by atoms with Gasteiger partial charge in [-0.1, -0.05) is 0 Å². The fourth-order valence-corrected chi connectivity index (χ4v) is 1.87. The monoisotopic (exact) mass is 330 g/mol. The molecule has 19 heavy (non-hydrogen) atoms. The SMILES string of the molecule is CCN(CC)C(=O)CNc1ncc(Br)cc1[N+](=O)[O-]. The Morgan fingerprint density at radius 3 is 2.68 bits per heavy atom. The van der Waals surface area contributed by atoms with E-state index in [9.17, 15) is 14.9 Å². The largest absolute Gasteiger partial charge is 0.355 e. The molecule has 0 saturated heterocycles. The van der Waals surface area contributed by atoms with Crippen LogP contribution in [0.4, 0.5) is 11.5 Å². The Morgan fingerprint density at radius 2 is 2.16 bits per heavy atom. The lowest BCUT2D eigenvalue weighted by Gasteiger charge is -2.18. The van der Waals surface area contributed by atoms with Crippen molar-refractivity contribution in [1.82, 2.24) is 9.88 Å². The van der Waals surface area contributed by atoms with Gasteiger partial charge < -0.3 is 10.2 Å². The number of pyridine rings is 1. The van der Waals surface area contributed by atoms with E-state index in [0.29, 0.717) is 17.6 Å². The van der Waals surface area contributed by atoms with E-state index in [1.165, 1.54) is 12.3 Å². The van der Waals surface area contributed by atoms with E-state index in [-0.39, 0.29) is 24.0 Å². The Kier molecular flexibility index (Phi) is 5.68. The summed E-state index contributed by atoms with van der Waals surface area (Å²) < 4.78 is 0.514. The second-order valence-electron chi connectivity index (χ2n) is 3.70. The smallest absolute Gasteiger partial charge is 0.312 e. The average molecular weight is 331 g/mol. The molecular weight excluding hydrogens is 316 g/mol. The molecule has 0 aliphatic rings. The van der Waals surface area contributed by atoms with Gasteiger partial charge in [-0.15, -0.1) is 0 Å². The number of hydrogen-bond acceptors (Lipinski definition) is 5. The van der Waals surface area contributed by atoms with Crippen LogP contribution in [0.25, 0.3) is 0 Å². The molecule has 7 nitrogen and oxygen atoms in total. The van der Waals surface area contributed by atoms with Gasteiger partial charge in [-0.25, -0.2) is 4.98 Å². The van der Waals surface area contributed by atoms with Crippen molar-refractivity contribution in [2.75, 3.05) is 25.0 Å². The number of likely N-dealkylation sites (N-methyl/N-ethyl adjacent to an activating group) is 1. The third-order valence-corrected chi connectivity index (χ3v) is 2.99. The number of anilines is 1. The summed E-state index contributed by atoms with van der Waals surface area (Å²) in [6, 6.07) is 1.34. The highest BCUT2D eigenvalue weighted by Crippen LogP contribution is 2.24. The Balaban J connectivity index is 2.78. The maximum absolute atomic E-state index is 11.8. The molecule has 0 atom stereocenters. The number of nitro groups is 1. The summed E-state index contributed by atoms with van der Waals surface area (Å²) in [5, 5.41) is 13.6. The molecule has 1 aromatic rings. The number of hydrogen-bond donors (Lipinski definition) is 1. The standard InChI is InChI=1S/C11H15BrN4O3/c1-3-15(4-2)10(17)7-14-11-9(16(18)19)5-8(12)6-13-11/h5-6H,3-4,7H2,1-2H3,(H,13,14). The molecule has 0 bridgehead atoms. The summed E-state index contributed by atoms with van der Waals surface area (Å²) in [7, 11) is 0. The summed E-state index contributed by atoms with van der Waals surface area (Å²) >= 11 is 3.12. The Bertz CT molecular complexity index is 477. The van der Waals surface area contributed by atoms with E-state index < -0.39 is 4.92 Å². The lowest BCUT2D eigenvalue weighted by atomic mass is 10.3. The van der Waals surface area contributed by atoms with Crippen LogP contribution in [0, 0.1) is 10.1 Å². The van der Waals surface area contributed by atoms with Crippen molar-refractivity contribution >= 4 is 33.3 Å². The van der Waals surface area contributed by atoms with Crippen LogP contribution in [-0.4, -0.2) is 40.3 Å². The maximum atomic E-state index is 11.8. The second-order valence-corrected chi connectivity index (χ2v) is 4.61. The van der Waals surface area contributed by atoms with Crippen molar-refractivity contribution in [2.45, 2.75) is 13.8 Å². The summed E-state index contributed by atoms with van der Waals surface area (Å²) in [4.78, 5) is 27.7. The lowest BCUT2D eigenvalue weighted by molar-refractivity contribution is -0.384. The first-order chi connectivity index (χ1) is 8.99. The minimum Gasteiger partial charge on any atom is -0.355 e. The molecule has 0 radical (unpaired) electrons. The number of carbonyl (C=O) groups excluding carboxylic acids is 1. The number of nitrogens with zero attached hydrogens (tertiary/aromatic N) is 3. The van der Waals surface area contributed by atoms with Gasteiger partial charge >= 0.3 is 5.69 Å². The molecule has 0 saturated carbocycles. The van der Waals surface area contributed by atoms with E-state index in [1.54, 1.807) is 4.90 Å². The molecule has 1 N–H and O–H groups in total. The van der Waals surface area contributed by atoms with Crippen LogP contribution in [0.3, 0.4) is 0 Å². The quantitative estimate of drug-likeness (QED) is 0.636. The molecule has 1 heterocycles. The van der Waals surface area contributed by atoms with Crippen LogP contribution < -0.4 is 5.32 Å². The van der Waals surface area contributed by atoms with Gasteiger partial charge in [0.2, 0.25) is 11.7 Å². The first-order valence-corrected chi connectivity index (χ1v) is 6.60. The molecule has 104 valence electrons. The highest BCUT2D eigenvalue weighted by Gasteiger charge is 2.17. The van der Waals surface area contributed by atoms with E-state index in [2.05, 4.69) is 26.2 Å². The van der Waals surface area contributed by atoms with Gasteiger partial charge in [0.1, 0.15) is 0 Å². The molecule has 1 aromatic heterocycles. The van der Waals surface area contributed by atoms with Gasteiger partial charge in [0.25, 0.3) is 0 Å². The average Bonchev–Trinajstić information content (AvgIpc) is 2.38. The zero-order valence-corrected chi connectivity index (χ0v) is 12.3. The topological polar surface area (TPSA) is 88.4 Å². The highest BCUT2D eigenvalue weighted by atomic mass is 79.9. The normalized spacial score (nSPS) is 10.1. The Morgan fingerprint density at radius 1 is 1.53 bits per heavy atom. The third kappa shape index (κ3) is 4.16. The number of nitrogens with one attached hydrogen (secondary N) is 1. The van der Waals surface area contributed by atoms with Crippen LogP contribution in [-0.2, 0) is 4.79 Å². The molecule has 0 aromatic carbocycles. The number of aromatic nitrogens is 1. The zero-order chi connectivity index (χ0) is 14.4. The summed E-state index contributed by atoms with van der Waals surface area (Å²) in [6.07, 6.45) is 1.44. The zero-order valence-electron chi connectivity index (χ0n) is 10.7. The Labute approximate surface area is 119 Å². The molecule has 8 heteroatoms. The van der Waals surface area contributed by atoms with Gasteiger partial charge in [-0.3, -0.25) is 14.9 Å². The predicted molar refractivity (Wildman–Crippen MR) is 75.0 cm³/mol. The molecule has 0 aliphatic heterocycles. The summed E-state index contributed by atoms with van der Waals surface area (Å²) in [5.41, 5.74) is -0.165. The van der Waals surface area contributed by atoms with Gasteiger partial charge in [0.05, 0.1) is 11.5 Å². The molecule has 1 rings (SSSR count). The van der Waals surface area contributed by atoms with E-state index in [0.717, 1.165) is 0 Å². The van der Waals surface area contributed by atoms with Crippen molar-refractivity contribution in [3.8, 4) is 0 Å². The van der Waals surface area contributed by atoms with E-state index in [1.807, 2.05) is 13.8 Å². The number of amides is 1. The minimum atomic E-state index is -0.540. The van der Waals surface area contributed by atoms with Crippen LogP contribution in [0.15, 0.2) is 16.7 Å². The van der Waals surface area contributed by atoms with Gasteiger partial charge in [-0.05, 0) is 29.8 Å². The van der Waals surface area contributed by atoms with Crippen molar-refractivity contribution in [2.24, 2.45) is 0 Å². The van der Waals surface area contributed by atoms with E-state index >= 15 is 0 Å². The minimum absolute atomic E-state index is 0.0167. The summed E-state index contributed by atoms with van der Waals surface area (Å²) in [5.74, 6) is -0.0299. The molecule has 0 fully saturated rings. The van der Waals surface area contributed by atoms with Crippen molar-refractivity contribution in [3.05, 3.63) is 26.9 Å². The van der Waals surface area contributed by atoms with E-state index in [4.69, 9.17) is 0 Å². The Hall–Kier alpha value is -1.70. The van der Waals surface area contributed by atoms with Crippen molar-refractivity contribution in [1.29, 1.82) is 0 Å². The molecular formula is C11H15BrN4O3. The van der Waals surface area contributed by atoms with Crippen LogP contribution in [0.2, 0.25) is 0 Å². The van der Waals surface area contributed by atoms with Crippen LogP contribution >= 0.6 is 15.9 Å². The summed E-state index contributed by atoms with van der Waals surface area (Å²) in [6.45, 7) is 4.94. The van der Waals surface area contributed by atoms with Crippen LogP contribution in [0.5, 0.6) is 0 Å². The van der Waals surface area contributed by atoms with Crippen molar-refractivity contribution < 1.29 is 9.72 Å². The van der Waals surface area contributed by atoms with Gasteiger partial charge in [-0.2, -0.15) is 0 Å². The fourth-order valence-electron chi connectivity index (χ4n) is 1.55. The third-order valence-electron chi connectivity index (χ3n) is 2.55. The second kappa shape index (κ2) is 7.03. The fraction of sp³-hybridized carbons (Fsp3) is 0.455. The maximum Gasteiger partial charge on any atom is 0.312 e. The number of halogens is 1. The first-order valence-electron chi connectivity index (χ1n) is 5.81. The highest BCUT2D eigenvalue weighted by molar-refractivity contribution is 9.10. The molecule has 0 aliphatic carbocycles. The number of rotatable bonds is 6. The van der Waals surface area contributed by atoms with Crippen LogP contribution in [0.1, 0.15) is 13.8 Å². The predicted octanol–water partition coefficient (Wildman–Crippen LogP) is 2.03. The molecule has 0 spiro atoms. The molecule has 1 amide bonds. The first kappa shape index (κ1) is 15.4.